The van der Waals surface area contributed by atoms with Crippen molar-refractivity contribution in [1.29, 1.82) is 0 Å². The molecule has 2 unspecified atom stereocenters. The second kappa shape index (κ2) is 10.6. The number of aliphatic hydroxyl groups excluding tert-OH is 1. The lowest BCUT2D eigenvalue weighted by molar-refractivity contribution is 0.0927. The predicted octanol–water partition coefficient (Wildman–Crippen LogP) is 3.25. The van der Waals surface area contributed by atoms with Gasteiger partial charge in [-0.25, -0.2) is 9.18 Å². The van der Waals surface area contributed by atoms with Crippen LogP contribution < -0.4 is 15.7 Å². The number of aliphatic hydroxyl groups is 1. The van der Waals surface area contributed by atoms with Crippen LogP contribution in [0.5, 0.6) is 5.75 Å². The number of hydrogen-bond acceptors (Lipinski definition) is 5. The third kappa shape index (κ3) is 5.52. The van der Waals surface area contributed by atoms with Crippen LogP contribution in [-0.4, -0.2) is 37.5 Å². The van der Waals surface area contributed by atoms with Gasteiger partial charge in [0.05, 0.1) is 11.7 Å². The first kappa shape index (κ1) is 24.6. The Balaban J connectivity index is 2.59. The van der Waals surface area contributed by atoms with E-state index in [0.717, 1.165) is 41.0 Å². The number of rotatable bonds is 10. The largest absolute Gasteiger partial charge is 0.490 e. The molecule has 2 N–H and O–H groups in total. The molecule has 2 atom stereocenters. The molecule has 1 aromatic carbocycles. The Bertz CT molecular complexity index is 963. The number of aromatic nitrogens is 3. The lowest BCUT2D eigenvalue weighted by Gasteiger charge is -2.20. The van der Waals surface area contributed by atoms with E-state index in [9.17, 15) is 14.7 Å². The summed E-state index contributed by atoms with van der Waals surface area (Å²) >= 11 is 0. The Morgan fingerprint density at radius 1 is 1.26 bits per heavy atom. The second-order valence-corrected chi connectivity index (χ2v) is 7.79. The SMILES string of the molecule is CCCC(C)Oc1cc(-n2nc(C(C)O)n(C)c2=O)c(F)cc1C(=O)NC(CC)CC. The van der Waals surface area contributed by atoms with Gasteiger partial charge in [0, 0.05) is 19.2 Å². The molecule has 0 aliphatic rings. The highest BCUT2D eigenvalue weighted by Crippen LogP contribution is 2.27. The zero-order valence-electron chi connectivity index (χ0n) is 19.1. The van der Waals surface area contributed by atoms with Crippen LogP contribution in [0.25, 0.3) is 5.69 Å². The Labute approximate surface area is 182 Å². The predicted molar refractivity (Wildman–Crippen MR) is 116 cm³/mol. The summed E-state index contributed by atoms with van der Waals surface area (Å²) in [5, 5.41) is 16.8. The lowest BCUT2D eigenvalue weighted by Crippen LogP contribution is -2.34. The summed E-state index contributed by atoms with van der Waals surface area (Å²) in [7, 11) is 1.45. The Kier molecular flexibility index (Phi) is 8.38. The van der Waals surface area contributed by atoms with Crippen LogP contribution in [0.2, 0.25) is 0 Å². The van der Waals surface area contributed by atoms with Crippen molar-refractivity contribution in [3.63, 3.8) is 0 Å². The van der Waals surface area contributed by atoms with Crippen molar-refractivity contribution in [1.82, 2.24) is 19.7 Å². The van der Waals surface area contributed by atoms with Gasteiger partial charge in [0.25, 0.3) is 5.91 Å². The summed E-state index contributed by atoms with van der Waals surface area (Å²) in [5.41, 5.74) is -0.697. The van der Waals surface area contributed by atoms with Crippen molar-refractivity contribution < 1.29 is 19.0 Å². The molecule has 0 bridgehead atoms. The van der Waals surface area contributed by atoms with Crippen LogP contribution >= 0.6 is 0 Å². The van der Waals surface area contributed by atoms with E-state index in [1.54, 1.807) is 0 Å². The number of hydrogen-bond donors (Lipinski definition) is 2. The normalized spacial score (nSPS) is 13.3. The molecule has 2 rings (SSSR count). The fraction of sp³-hybridized carbons (Fsp3) is 0.591. The van der Waals surface area contributed by atoms with Crippen LogP contribution in [0.4, 0.5) is 4.39 Å². The summed E-state index contributed by atoms with van der Waals surface area (Å²) in [6.45, 7) is 9.28. The first-order valence-corrected chi connectivity index (χ1v) is 10.8. The molecule has 0 spiro atoms. The highest BCUT2D eigenvalue weighted by atomic mass is 19.1. The molecule has 9 heteroatoms. The lowest BCUT2D eigenvalue weighted by atomic mass is 10.1. The van der Waals surface area contributed by atoms with E-state index >= 15 is 4.39 Å². The molecule has 0 saturated carbocycles. The molecule has 2 aromatic rings. The van der Waals surface area contributed by atoms with Crippen LogP contribution in [-0.2, 0) is 7.05 Å². The van der Waals surface area contributed by atoms with Gasteiger partial charge in [0.1, 0.15) is 23.4 Å². The minimum atomic E-state index is -1.01. The van der Waals surface area contributed by atoms with Crippen molar-refractivity contribution in [3.05, 3.63) is 39.8 Å². The molecule has 1 heterocycles. The molecule has 31 heavy (non-hydrogen) atoms. The van der Waals surface area contributed by atoms with E-state index in [0.29, 0.717) is 0 Å². The molecule has 0 aliphatic carbocycles. The molecule has 8 nitrogen and oxygen atoms in total. The van der Waals surface area contributed by atoms with Gasteiger partial charge in [-0.1, -0.05) is 27.2 Å². The van der Waals surface area contributed by atoms with Crippen LogP contribution in [0.15, 0.2) is 16.9 Å². The highest BCUT2D eigenvalue weighted by Gasteiger charge is 2.24. The van der Waals surface area contributed by atoms with Gasteiger partial charge in [0.2, 0.25) is 0 Å². The maximum atomic E-state index is 15.1. The van der Waals surface area contributed by atoms with Crippen molar-refractivity contribution >= 4 is 5.91 Å². The van der Waals surface area contributed by atoms with Crippen LogP contribution in [0.1, 0.15) is 82.6 Å². The summed E-state index contributed by atoms with van der Waals surface area (Å²) < 4.78 is 23.1. The van der Waals surface area contributed by atoms with Crippen molar-refractivity contribution in [2.45, 2.75) is 78.6 Å². The maximum absolute atomic E-state index is 15.1. The second-order valence-electron chi connectivity index (χ2n) is 7.79. The summed E-state index contributed by atoms with van der Waals surface area (Å²) in [6, 6.07) is 2.36. The molecular weight excluding hydrogens is 403 g/mol. The van der Waals surface area contributed by atoms with E-state index in [4.69, 9.17) is 4.74 Å². The fourth-order valence-corrected chi connectivity index (χ4v) is 3.39. The van der Waals surface area contributed by atoms with Gasteiger partial charge in [-0.05, 0) is 39.2 Å². The number of amides is 1. The Morgan fingerprint density at radius 3 is 2.42 bits per heavy atom. The third-order valence-electron chi connectivity index (χ3n) is 5.25. The molecule has 0 radical (unpaired) electrons. The standard InChI is InChI=1S/C22H33FN4O4/c1-7-10-13(4)31-19-12-18(27-22(30)26(6)20(25-27)14(5)28)17(23)11-16(19)21(29)24-15(8-2)9-3/h11-15,28H,7-10H2,1-6H3,(H,24,29). The average molecular weight is 437 g/mol. The van der Waals surface area contributed by atoms with E-state index in [1.807, 2.05) is 27.7 Å². The Hall–Kier alpha value is -2.68. The summed E-state index contributed by atoms with van der Waals surface area (Å²) in [5.74, 6) is -0.947. The van der Waals surface area contributed by atoms with Crippen LogP contribution in [0, 0.1) is 5.82 Å². The minimum absolute atomic E-state index is 0.0387. The average Bonchev–Trinajstić information content (AvgIpc) is 3.02. The zero-order chi connectivity index (χ0) is 23.3. The molecule has 0 aliphatic heterocycles. The number of benzene rings is 1. The third-order valence-corrected chi connectivity index (χ3v) is 5.25. The highest BCUT2D eigenvalue weighted by molar-refractivity contribution is 5.97. The van der Waals surface area contributed by atoms with E-state index in [1.165, 1.54) is 20.0 Å². The number of carbonyl (C=O) groups excluding carboxylic acids is 1. The molecule has 0 fully saturated rings. The number of halogens is 1. The molecule has 0 saturated heterocycles. The maximum Gasteiger partial charge on any atom is 0.350 e. The van der Waals surface area contributed by atoms with Crippen LogP contribution in [0.3, 0.4) is 0 Å². The van der Waals surface area contributed by atoms with E-state index in [2.05, 4.69) is 10.4 Å². The van der Waals surface area contributed by atoms with E-state index in [-0.39, 0.29) is 35.0 Å². The summed E-state index contributed by atoms with van der Waals surface area (Å²) in [6.07, 6.45) is 1.90. The van der Waals surface area contributed by atoms with Gasteiger partial charge in [-0.3, -0.25) is 9.36 Å². The van der Waals surface area contributed by atoms with Gasteiger partial charge in [0.15, 0.2) is 5.82 Å². The van der Waals surface area contributed by atoms with E-state index < -0.39 is 23.5 Å². The number of nitrogens with zero attached hydrogens (tertiary/aromatic N) is 3. The summed E-state index contributed by atoms with van der Waals surface area (Å²) in [4.78, 5) is 25.5. The smallest absolute Gasteiger partial charge is 0.350 e. The first-order chi connectivity index (χ1) is 14.6. The molecular formula is C22H33FN4O4. The van der Waals surface area contributed by atoms with Crippen molar-refractivity contribution in [2.75, 3.05) is 0 Å². The topological polar surface area (TPSA) is 98.4 Å². The van der Waals surface area contributed by atoms with Gasteiger partial charge < -0.3 is 15.2 Å². The number of ether oxygens (including phenoxy) is 1. The van der Waals surface area contributed by atoms with Gasteiger partial charge >= 0.3 is 5.69 Å². The van der Waals surface area contributed by atoms with Crippen molar-refractivity contribution in [3.8, 4) is 11.4 Å². The molecule has 172 valence electrons. The molecule has 1 amide bonds. The number of nitrogens with one attached hydrogen (secondary N) is 1. The fourth-order valence-electron chi connectivity index (χ4n) is 3.39. The zero-order valence-corrected chi connectivity index (χ0v) is 19.1. The quantitative estimate of drug-likeness (QED) is 0.596. The first-order valence-electron chi connectivity index (χ1n) is 10.8. The minimum Gasteiger partial charge on any atom is -0.490 e. The van der Waals surface area contributed by atoms with Crippen molar-refractivity contribution in [2.24, 2.45) is 7.05 Å². The molecule has 1 aromatic heterocycles. The van der Waals surface area contributed by atoms with Gasteiger partial charge in [-0.2, -0.15) is 4.68 Å². The monoisotopic (exact) mass is 436 g/mol. The Morgan fingerprint density at radius 2 is 1.90 bits per heavy atom. The van der Waals surface area contributed by atoms with Gasteiger partial charge in [-0.15, -0.1) is 5.10 Å². The number of carbonyl (C=O) groups is 1.